The molecule has 0 unspecified atom stereocenters. The molecule has 3 aromatic rings. The minimum Gasteiger partial charge on any atom is -0.495 e. The van der Waals surface area contributed by atoms with E-state index in [1.807, 2.05) is 44.2 Å². The molecule has 32 heavy (non-hydrogen) atoms. The van der Waals surface area contributed by atoms with Crippen LogP contribution < -0.4 is 24.8 Å². The maximum absolute atomic E-state index is 13.5. The van der Waals surface area contributed by atoms with Gasteiger partial charge in [0.05, 0.1) is 32.1 Å². The number of allylic oxidation sites excluding steroid dienone is 1. The second-order valence-electron chi connectivity index (χ2n) is 7.01. The molecule has 2 heterocycles. The summed E-state index contributed by atoms with van der Waals surface area (Å²) in [7, 11) is 3.13. The Morgan fingerprint density at radius 2 is 1.91 bits per heavy atom. The van der Waals surface area contributed by atoms with Crippen molar-refractivity contribution in [1.29, 1.82) is 0 Å². The summed E-state index contributed by atoms with van der Waals surface area (Å²) < 4.78 is 18.1. The number of rotatable bonds is 7. The van der Waals surface area contributed by atoms with Gasteiger partial charge in [0.1, 0.15) is 11.8 Å². The fraction of sp³-hybridized carbons (Fsp3) is 0.273. The Morgan fingerprint density at radius 1 is 1.12 bits per heavy atom. The van der Waals surface area contributed by atoms with Crippen LogP contribution >= 0.6 is 0 Å². The lowest BCUT2D eigenvalue weighted by Crippen LogP contribution is -2.31. The molecule has 1 atom stereocenters. The molecule has 1 amide bonds. The average molecular weight is 436 g/mol. The van der Waals surface area contributed by atoms with E-state index in [1.54, 1.807) is 31.0 Å². The van der Waals surface area contributed by atoms with Crippen LogP contribution in [0.3, 0.4) is 0 Å². The molecule has 0 spiro atoms. The van der Waals surface area contributed by atoms with E-state index in [-0.39, 0.29) is 5.91 Å². The quantitative estimate of drug-likeness (QED) is 0.581. The number of nitrogens with zero attached hydrogens (tertiary/aromatic N) is 4. The van der Waals surface area contributed by atoms with E-state index < -0.39 is 6.04 Å². The van der Waals surface area contributed by atoms with Crippen molar-refractivity contribution in [3.63, 3.8) is 0 Å². The first kappa shape index (κ1) is 21.2. The van der Waals surface area contributed by atoms with E-state index in [0.29, 0.717) is 46.8 Å². The predicted molar refractivity (Wildman–Crippen MR) is 118 cm³/mol. The SMILES string of the molecule is CCOc1ccc([C@@H]2C(C(=O)Nc3ccccc3OC)=C(C)Nc3nnnn32)cc1OC. The Balaban J connectivity index is 1.77. The number of nitrogens with one attached hydrogen (secondary N) is 2. The summed E-state index contributed by atoms with van der Waals surface area (Å²) in [6, 6.07) is 12.2. The molecule has 0 fully saturated rings. The van der Waals surface area contributed by atoms with Crippen LogP contribution in [0, 0.1) is 0 Å². The summed E-state index contributed by atoms with van der Waals surface area (Å²) in [6.45, 7) is 4.22. The van der Waals surface area contributed by atoms with Gasteiger partial charge in [0, 0.05) is 5.70 Å². The Labute approximate surface area is 185 Å². The highest BCUT2D eigenvalue weighted by molar-refractivity contribution is 6.06. The summed E-state index contributed by atoms with van der Waals surface area (Å²) >= 11 is 0. The fourth-order valence-electron chi connectivity index (χ4n) is 3.68. The van der Waals surface area contributed by atoms with Crippen LogP contribution in [0.1, 0.15) is 25.5 Å². The number of ether oxygens (including phenoxy) is 3. The van der Waals surface area contributed by atoms with Gasteiger partial charge in [0.2, 0.25) is 5.95 Å². The van der Waals surface area contributed by atoms with Crippen molar-refractivity contribution in [3.8, 4) is 17.2 Å². The molecule has 0 saturated carbocycles. The lowest BCUT2D eigenvalue weighted by Gasteiger charge is -2.28. The van der Waals surface area contributed by atoms with Gasteiger partial charge in [0.25, 0.3) is 5.91 Å². The van der Waals surface area contributed by atoms with Crippen molar-refractivity contribution < 1.29 is 19.0 Å². The molecule has 1 aliphatic heterocycles. The number of methoxy groups -OCH3 is 2. The third kappa shape index (κ3) is 3.82. The highest BCUT2D eigenvalue weighted by Gasteiger charge is 2.34. The number of carbonyl (C=O) groups excluding carboxylic acids is 1. The van der Waals surface area contributed by atoms with E-state index in [9.17, 15) is 4.79 Å². The molecule has 0 radical (unpaired) electrons. The Bertz CT molecular complexity index is 1170. The van der Waals surface area contributed by atoms with Gasteiger partial charge in [-0.2, -0.15) is 4.68 Å². The van der Waals surface area contributed by atoms with Gasteiger partial charge in [-0.05, 0) is 54.1 Å². The predicted octanol–water partition coefficient (Wildman–Crippen LogP) is 3.02. The molecule has 0 bridgehead atoms. The van der Waals surface area contributed by atoms with Crippen LogP contribution in [-0.2, 0) is 4.79 Å². The van der Waals surface area contributed by atoms with E-state index >= 15 is 0 Å². The Kier molecular flexibility index (Phi) is 5.93. The molecule has 10 nitrogen and oxygen atoms in total. The zero-order valence-corrected chi connectivity index (χ0v) is 18.2. The van der Waals surface area contributed by atoms with Crippen molar-refractivity contribution in [2.45, 2.75) is 19.9 Å². The smallest absolute Gasteiger partial charge is 0.255 e. The first-order valence-electron chi connectivity index (χ1n) is 10.1. The highest BCUT2D eigenvalue weighted by atomic mass is 16.5. The molecule has 0 saturated heterocycles. The maximum Gasteiger partial charge on any atom is 0.255 e. The molecule has 4 rings (SSSR count). The zero-order chi connectivity index (χ0) is 22.7. The third-order valence-electron chi connectivity index (χ3n) is 5.12. The molecule has 1 aromatic heterocycles. The molecule has 10 heteroatoms. The number of carbonyl (C=O) groups is 1. The van der Waals surface area contributed by atoms with Gasteiger partial charge < -0.3 is 24.8 Å². The van der Waals surface area contributed by atoms with Crippen LogP contribution in [0.2, 0.25) is 0 Å². The summed E-state index contributed by atoms with van der Waals surface area (Å²) in [5.74, 6) is 1.86. The normalized spacial score (nSPS) is 14.9. The van der Waals surface area contributed by atoms with E-state index in [2.05, 4.69) is 26.2 Å². The standard InChI is InChI=1S/C22H24N6O4/c1-5-32-17-11-10-14(12-18(17)31-4)20-19(13(2)23-22-25-26-27-28(20)22)21(29)24-15-8-6-7-9-16(15)30-3/h6-12,20H,5H2,1-4H3,(H,24,29)(H,23,25,27)/t20-/m1/s1. The minimum atomic E-state index is -0.583. The summed E-state index contributed by atoms with van der Waals surface area (Å²) in [5, 5.41) is 18.0. The molecular formula is C22H24N6O4. The molecule has 2 aromatic carbocycles. The van der Waals surface area contributed by atoms with Crippen LogP contribution in [0.25, 0.3) is 0 Å². The van der Waals surface area contributed by atoms with Crippen LogP contribution in [-0.4, -0.2) is 46.9 Å². The number of benzene rings is 2. The average Bonchev–Trinajstić information content (AvgIpc) is 3.27. The van der Waals surface area contributed by atoms with Gasteiger partial charge in [-0.3, -0.25) is 4.79 Å². The topological polar surface area (TPSA) is 112 Å². The molecule has 1 aliphatic rings. The fourth-order valence-corrected chi connectivity index (χ4v) is 3.68. The van der Waals surface area contributed by atoms with E-state index in [1.165, 1.54) is 0 Å². The zero-order valence-electron chi connectivity index (χ0n) is 18.2. The van der Waals surface area contributed by atoms with Crippen molar-refractivity contribution in [3.05, 3.63) is 59.3 Å². The third-order valence-corrected chi connectivity index (χ3v) is 5.12. The lowest BCUT2D eigenvalue weighted by atomic mass is 9.94. The lowest BCUT2D eigenvalue weighted by molar-refractivity contribution is -0.113. The van der Waals surface area contributed by atoms with Crippen molar-refractivity contribution in [1.82, 2.24) is 20.2 Å². The maximum atomic E-state index is 13.5. The highest BCUT2D eigenvalue weighted by Crippen LogP contribution is 2.39. The second-order valence-corrected chi connectivity index (χ2v) is 7.01. The van der Waals surface area contributed by atoms with Crippen LogP contribution in [0.5, 0.6) is 17.2 Å². The van der Waals surface area contributed by atoms with Crippen LogP contribution in [0.15, 0.2) is 53.7 Å². The number of amides is 1. The number of tetrazole rings is 1. The Hall–Kier alpha value is -4.08. The van der Waals surface area contributed by atoms with E-state index in [4.69, 9.17) is 14.2 Å². The summed E-state index contributed by atoms with van der Waals surface area (Å²) in [5.41, 5.74) is 2.43. The van der Waals surface area contributed by atoms with Gasteiger partial charge in [-0.25, -0.2) is 0 Å². The first-order valence-corrected chi connectivity index (χ1v) is 10.1. The van der Waals surface area contributed by atoms with Crippen molar-refractivity contribution in [2.24, 2.45) is 0 Å². The number of fused-ring (bicyclic) bond motifs is 1. The largest absolute Gasteiger partial charge is 0.495 e. The van der Waals surface area contributed by atoms with Gasteiger partial charge in [-0.1, -0.05) is 23.3 Å². The minimum absolute atomic E-state index is 0.307. The molecule has 0 aliphatic carbocycles. The summed E-state index contributed by atoms with van der Waals surface area (Å²) in [6.07, 6.45) is 0. The number of hydrogen-bond acceptors (Lipinski definition) is 8. The van der Waals surface area contributed by atoms with E-state index in [0.717, 1.165) is 5.56 Å². The first-order chi connectivity index (χ1) is 15.6. The molecule has 166 valence electrons. The van der Waals surface area contributed by atoms with Gasteiger partial charge >= 0.3 is 0 Å². The van der Waals surface area contributed by atoms with Crippen molar-refractivity contribution >= 4 is 17.5 Å². The van der Waals surface area contributed by atoms with Crippen LogP contribution in [0.4, 0.5) is 11.6 Å². The molecule has 2 N–H and O–H groups in total. The van der Waals surface area contributed by atoms with Gasteiger partial charge in [0.15, 0.2) is 11.5 Å². The van der Waals surface area contributed by atoms with Crippen molar-refractivity contribution in [2.75, 3.05) is 31.5 Å². The summed E-state index contributed by atoms with van der Waals surface area (Å²) in [4.78, 5) is 13.5. The number of hydrogen-bond donors (Lipinski definition) is 2. The molecular weight excluding hydrogens is 412 g/mol. The Morgan fingerprint density at radius 3 is 2.66 bits per heavy atom. The van der Waals surface area contributed by atoms with Gasteiger partial charge in [-0.15, -0.1) is 0 Å². The number of para-hydroxylation sites is 2. The number of anilines is 2. The monoisotopic (exact) mass is 436 g/mol. The second kappa shape index (κ2) is 8.96. The number of aromatic nitrogens is 4.